The van der Waals surface area contributed by atoms with Crippen LogP contribution in [-0.4, -0.2) is 16.1 Å². The maximum Gasteiger partial charge on any atom is 0.309 e. The molecule has 0 fully saturated rings. The Morgan fingerprint density at radius 1 is 1.14 bits per heavy atom. The monoisotopic (exact) mass is 395 g/mol. The molecule has 0 aliphatic carbocycles. The summed E-state index contributed by atoms with van der Waals surface area (Å²) >= 11 is 1.45. The number of benzene rings is 2. The number of carboxylic acids is 1. The van der Waals surface area contributed by atoms with Gasteiger partial charge in [-0.25, -0.2) is 4.98 Å². The molecule has 0 spiro atoms. The van der Waals surface area contributed by atoms with E-state index in [1.54, 1.807) is 5.38 Å². The van der Waals surface area contributed by atoms with Crippen LogP contribution >= 0.6 is 11.3 Å². The van der Waals surface area contributed by atoms with Crippen molar-refractivity contribution in [1.82, 2.24) is 4.98 Å². The lowest BCUT2D eigenvalue weighted by molar-refractivity contribution is -0.136. The van der Waals surface area contributed by atoms with E-state index in [-0.39, 0.29) is 11.8 Å². The molecule has 0 bridgehead atoms. The summed E-state index contributed by atoms with van der Waals surface area (Å²) < 4.78 is 6.19. The van der Waals surface area contributed by atoms with Crippen molar-refractivity contribution >= 4 is 17.3 Å². The van der Waals surface area contributed by atoms with Crippen molar-refractivity contribution in [2.75, 3.05) is 0 Å². The van der Waals surface area contributed by atoms with Gasteiger partial charge in [0.1, 0.15) is 16.5 Å². The van der Waals surface area contributed by atoms with Crippen molar-refractivity contribution in [3.8, 4) is 22.1 Å². The zero-order valence-corrected chi connectivity index (χ0v) is 17.5. The minimum Gasteiger partial charge on any atom is -0.481 e. The number of carboxylic acid groups (broad SMARTS) is 1. The van der Waals surface area contributed by atoms with E-state index in [2.05, 4.69) is 44.8 Å². The standard InChI is InChI=1S/C23H25NO3S/c1-5-15-6-11-20(19(12-15)23(2,3)4)27-18-9-7-16(8-10-18)22-24-17(14-28-22)13-21(25)26/h6-12,14H,5,13H2,1-4H3,(H,25,26). The van der Waals surface area contributed by atoms with Crippen LogP contribution in [0.2, 0.25) is 0 Å². The van der Waals surface area contributed by atoms with Gasteiger partial charge in [0.15, 0.2) is 0 Å². The van der Waals surface area contributed by atoms with E-state index in [1.165, 1.54) is 22.5 Å². The van der Waals surface area contributed by atoms with Gasteiger partial charge in [0.2, 0.25) is 0 Å². The molecule has 3 rings (SSSR count). The third kappa shape index (κ3) is 4.78. The molecule has 0 aliphatic rings. The highest BCUT2D eigenvalue weighted by molar-refractivity contribution is 7.13. The number of aromatic nitrogens is 1. The van der Waals surface area contributed by atoms with Crippen LogP contribution in [0.5, 0.6) is 11.5 Å². The number of aryl methyl sites for hydroxylation is 1. The lowest BCUT2D eigenvalue weighted by Crippen LogP contribution is -2.13. The van der Waals surface area contributed by atoms with Crippen LogP contribution < -0.4 is 4.74 Å². The third-order valence-electron chi connectivity index (χ3n) is 4.47. The average molecular weight is 396 g/mol. The first-order valence-corrected chi connectivity index (χ1v) is 10.2. The van der Waals surface area contributed by atoms with Gasteiger partial charge in [-0.05, 0) is 47.7 Å². The zero-order valence-electron chi connectivity index (χ0n) is 16.7. The van der Waals surface area contributed by atoms with E-state index in [4.69, 9.17) is 9.84 Å². The molecular formula is C23H25NO3S. The molecular weight excluding hydrogens is 370 g/mol. The summed E-state index contributed by atoms with van der Waals surface area (Å²) in [5.41, 5.74) is 4.01. The van der Waals surface area contributed by atoms with Crippen LogP contribution in [0.1, 0.15) is 44.5 Å². The first-order chi connectivity index (χ1) is 13.3. The molecule has 4 nitrogen and oxygen atoms in total. The molecule has 0 atom stereocenters. The molecule has 1 heterocycles. The van der Waals surface area contributed by atoms with E-state index in [0.717, 1.165) is 28.5 Å². The van der Waals surface area contributed by atoms with E-state index in [9.17, 15) is 4.79 Å². The van der Waals surface area contributed by atoms with Crippen molar-refractivity contribution < 1.29 is 14.6 Å². The van der Waals surface area contributed by atoms with E-state index in [1.807, 2.05) is 30.3 Å². The Hall–Kier alpha value is -2.66. The predicted molar refractivity (Wildman–Crippen MR) is 113 cm³/mol. The van der Waals surface area contributed by atoms with Crippen molar-refractivity contribution in [1.29, 1.82) is 0 Å². The van der Waals surface area contributed by atoms with E-state index < -0.39 is 5.97 Å². The molecule has 0 saturated heterocycles. The molecule has 146 valence electrons. The van der Waals surface area contributed by atoms with Gasteiger partial charge in [-0.3, -0.25) is 4.79 Å². The van der Waals surface area contributed by atoms with Gasteiger partial charge in [0.05, 0.1) is 12.1 Å². The topological polar surface area (TPSA) is 59.4 Å². The summed E-state index contributed by atoms with van der Waals surface area (Å²) in [6.45, 7) is 8.72. The summed E-state index contributed by atoms with van der Waals surface area (Å²) in [7, 11) is 0. The fourth-order valence-corrected chi connectivity index (χ4v) is 3.77. The number of ether oxygens (including phenoxy) is 1. The zero-order chi connectivity index (χ0) is 20.3. The van der Waals surface area contributed by atoms with Crippen LogP contribution in [0.15, 0.2) is 47.8 Å². The van der Waals surface area contributed by atoms with E-state index in [0.29, 0.717) is 5.69 Å². The second-order valence-corrected chi connectivity index (χ2v) is 8.63. The maximum atomic E-state index is 10.8. The number of hydrogen-bond acceptors (Lipinski definition) is 4. The van der Waals surface area contributed by atoms with E-state index >= 15 is 0 Å². The summed E-state index contributed by atoms with van der Waals surface area (Å²) in [6.07, 6.45) is 0.941. The van der Waals surface area contributed by atoms with Gasteiger partial charge in [-0.1, -0.05) is 39.8 Å². The third-order valence-corrected chi connectivity index (χ3v) is 5.41. The molecule has 0 saturated carbocycles. The SMILES string of the molecule is CCc1ccc(Oc2ccc(-c3nc(CC(=O)O)cs3)cc2)c(C(C)(C)C)c1. The fourth-order valence-electron chi connectivity index (χ4n) is 2.94. The molecule has 3 aromatic rings. The smallest absolute Gasteiger partial charge is 0.309 e. The number of carbonyl (C=O) groups is 1. The summed E-state index contributed by atoms with van der Waals surface area (Å²) in [5, 5.41) is 11.5. The van der Waals surface area contributed by atoms with Crippen LogP contribution in [-0.2, 0) is 23.1 Å². The molecule has 0 unspecified atom stereocenters. The van der Waals surface area contributed by atoms with Crippen molar-refractivity contribution in [2.24, 2.45) is 0 Å². The van der Waals surface area contributed by atoms with Crippen molar-refractivity contribution in [2.45, 2.75) is 46.0 Å². The lowest BCUT2D eigenvalue weighted by atomic mass is 9.85. The van der Waals surface area contributed by atoms with Crippen LogP contribution in [0.3, 0.4) is 0 Å². The Kier molecular flexibility index (Phi) is 5.84. The van der Waals surface area contributed by atoms with Crippen LogP contribution in [0.25, 0.3) is 10.6 Å². The Morgan fingerprint density at radius 2 is 1.86 bits per heavy atom. The Balaban J connectivity index is 1.81. The minimum absolute atomic E-state index is 0.0120. The number of aliphatic carboxylic acids is 1. The number of nitrogens with zero attached hydrogens (tertiary/aromatic N) is 1. The predicted octanol–water partition coefficient (Wildman–Crippen LogP) is 6.09. The molecule has 1 N–H and O–H groups in total. The van der Waals surface area contributed by atoms with Gasteiger partial charge in [0, 0.05) is 16.5 Å². The minimum atomic E-state index is -0.871. The lowest BCUT2D eigenvalue weighted by Gasteiger charge is -2.23. The fraction of sp³-hybridized carbons (Fsp3) is 0.304. The first kappa shape index (κ1) is 20.1. The molecule has 1 aromatic heterocycles. The van der Waals surface area contributed by atoms with Crippen molar-refractivity contribution in [3.05, 3.63) is 64.7 Å². The largest absolute Gasteiger partial charge is 0.481 e. The average Bonchev–Trinajstić information content (AvgIpc) is 3.09. The van der Waals surface area contributed by atoms with Crippen molar-refractivity contribution in [3.63, 3.8) is 0 Å². The first-order valence-electron chi connectivity index (χ1n) is 9.34. The van der Waals surface area contributed by atoms with Gasteiger partial charge in [-0.15, -0.1) is 11.3 Å². The quantitative estimate of drug-likeness (QED) is 0.549. The second kappa shape index (κ2) is 8.15. The molecule has 0 aliphatic heterocycles. The van der Waals surface area contributed by atoms with Crippen LogP contribution in [0, 0.1) is 0 Å². The number of thiazole rings is 1. The summed E-state index contributed by atoms with van der Waals surface area (Å²) in [4.78, 5) is 15.2. The highest BCUT2D eigenvalue weighted by atomic mass is 32.1. The maximum absolute atomic E-state index is 10.8. The number of rotatable bonds is 6. The molecule has 0 radical (unpaired) electrons. The van der Waals surface area contributed by atoms with Gasteiger partial charge in [0.25, 0.3) is 0 Å². The Morgan fingerprint density at radius 3 is 2.46 bits per heavy atom. The van der Waals surface area contributed by atoms with Gasteiger partial charge >= 0.3 is 5.97 Å². The summed E-state index contributed by atoms with van der Waals surface area (Å²) in [6, 6.07) is 14.1. The second-order valence-electron chi connectivity index (χ2n) is 7.78. The number of hydrogen-bond donors (Lipinski definition) is 1. The normalized spacial score (nSPS) is 11.4. The summed E-state index contributed by atoms with van der Waals surface area (Å²) in [5.74, 6) is 0.764. The Labute approximate surface area is 169 Å². The molecule has 2 aromatic carbocycles. The Bertz CT molecular complexity index is 968. The highest BCUT2D eigenvalue weighted by Gasteiger charge is 2.20. The molecule has 0 amide bonds. The van der Waals surface area contributed by atoms with Gasteiger partial charge in [-0.2, -0.15) is 0 Å². The van der Waals surface area contributed by atoms with Crippen LogP contribution in [0.4, 0.5) is 0 Å². The molecule has 28 heavy (non-hydrogen) atoms. The highest BCUT2D eigenvalue weighted by Crippen LogP contribution is 2.36. The van der Waals surface area contributed by atoms with Gasteiger partial charge < -0.3 is 9.84 Å². The molecule has 5 heteroatoms.